The van der Waals surface area contributed by atoms with E-state index in [9.17, 15) is 0 Å². The van der Waals surface area contributed by atoms with E-state index in [2.05, 4.69) is 77.2 Å². The molecule has 0 saturated carbocycles. The average molecular weight is 514 g/mol. The predicted molar refractivity (Wildman–Crippen MR) is 130 cm³/mol. The van der Waals surface area contributed by atoms with E-state index in [1.807, 2.05) is 13.1 Å². The summed E-state index contributed by atoms with van der Waals surface area (Å²) >= 11 is 0. The standard InChI is InChI=1S/C21H34N6O.HI/c1-7-22-20(26-15-19-24-14-17(28-19)21(4,5)6)25-13-16-10-11-18(23-12-16)27(8-2)9-3;/h10-12,14H,7-9,13,15H2,1-6H3,(H2,22,25,26);1H. The highest BCUT2D eigenvalue weighted by atomic mass is 127. The molecule has 2 aromatic rings. The zero-order valence-electron chi connectivity index (χ0n) is 18.5. The van der Waals surface area contributed by atoms with Gasteiger partial charge < -0.3 is 20.0 Å². The molecule has 0 aliphatic carbocycles. The lowest BCUT2D eigenvalue weighted by Crippen LogP contribution is -2.36. The van der Waals surface area contributed by atoms with Crippen molar-refractivity contribution in [1.29, 1.82) is 0 Å². The van der Waals surface area contributed by atoms with Crippen molar-refractivity contribution >= 4 is 35.8 Å². The summed E-state index contributed by atoms with van der Waals surface area (Å²) in [6.45, 7) is 16.4. The molecule has 162 valence electrons. The number of aromatic nitrogens is 2. The van der Waals surface area contributed by atoms with Gasteiger partial charge in [-0.15, -0.1) is 24.0 Å². The van der Waals surface area contributed by atoms with Crippen LogP contribution in [0.5, 0.6) is 0 Å². The maximum atomic E-state index is 5.83. The molecule has 2 N–H and O–H groups in total. The number of nitrogens with one attached hydrogen (secondary N) is 2. The largest absolute Gasteiger partial charge is 0.443 e. The molecule has 0 aliphatic heterocycles. The van der Waals surface area contributed by atoms with E-state index in [1.165, 1.54) is 0 Å². The van der Waals surface area contributed by atoms with Gasteiger partial charge in [-0.3, -0.25) is 0 Å². The smallest absolute Gasteiger partial charge is 0.213 e. The fourth-order valence-corrected chi connectivity index (χ4v) is 2.66. The summed E-state index contributed by atoms with van der Waals surface area (Å²) in [5.74, 6) is 3.26. The van der Waals surface area contributed by atoms with Crippen LogP contribution in [0, 0.1) is 0 Å². The Kier molecular flexibility index (Phi) is 10.4. The normalized spacial score (nSPS) is 11.7. The van der Waals surface area contributed by atoms with Crippen LogP contribution >= 0.6 is 24.0 Å². The monoisotopic (exact) mass is 514 g/mol. The second-order valence-corrected chi connectivity index (χ2v) is 7.61. The molecule has 2 heterocycles. The number of nitrogens with zero attached hydrogens (tertiary/aromatic N) is 4. The number of oxazole rings is 1. The van der Waals surface area contributed by atoms with Gasteiger partial charge >= 0.3 is 0 Å². The first-order valence-corrected chi connectivity index (χ1v) is 10.0. The van der Waals surface area contributed by atoms with Gasteiger partial charge in [0.2, 0.25) is 5.89 Å². The molecule has 0 amide bonds. The molecule has 29 heavy (non-hydrogen) atoms. The first-order valence-electron chi connectivity index (χ1n) is 10.0. The summed E-state index contributed by atoms with van der Waals surface area (Å²) in [4.78, 5) is 15.8. The van der Waals surface area contributed by atoms with Crippen molar-refractivity contribution in [2.45, 2.75) is 60.0 Å². The van der Waals surface area contributed by atoms with Crippen LogP contribution in [0.4, 0.5) is 5.82 Å². The van der Waals surface area contributed by atoms with Crippen LogP contribution in [0.3, 0.4) is 0 Å². The van der Waals surface area contributed by atoms with E-state index in [-0.39, 0.29) is 29.4 Å². The molecule has 2 aromatic heterocycles. The van der Waals surface area contributed by atoms with Crippen molar-refractivity contribution in [2.75, 3.05) is 24.5 Å². The third-order valence-corrected chi connectivity index (χ3v) is 4.36. The average Bonchev–Trinajstić information content (AvgIpc) is 3.15. The van der Waals surface area contributed by atoms with E-state index >= 15 is 0 Å². The Balaban J connectivity index is 0.00000420. The molecule has 0 aliphatic rings. The lowest BCUT2D eigenvalue weighted by atomic mass is 9.94. The zero-order valence-corrected chi connectivity index (χ0v) is 20.8. The van der Waals surface area contributed by atoms with Gasteiger partial charge in [-0.2, -0.15) is 0 Å². The topological polar surface area (TPSA) is 78.6 Å². The second kappa shape index (κ2) is 12.0. The fraction of sp³-hybridized carbons (Fsp3) is 0.571. The molecular formula is C21H35IN6O. The first-order chi connectivity index (χ1) is 13.4. The lowest BCUT2D eigenvalue weighted by Gasteiger charge is -2.19. The van der Waals surface area contributed by atoms with Gasteiger partial charge in [-0.1, -0.05) is 26.8 Å². The number of rotatable bonds is 8. The minimum Gasteiger partial charge on any atom is -0.443 e. The molecule has 0 bridgehead atoms. The quantitative estimate of drug-likeness (QED) is 0.314. The predicted octanol–water partition coefficient (Wildman–Crippen LogP) is 4.09. The molecule has 0 fully saturated rings. The highest BCUT2D eigenvalue weighted by molar-refractivity contribution is 14.0. The van der Waals surface area contributed by atoms with Crippen LogP contribution in [0.25, 0.3) is 0 Å². The van der Waals surface area contributed by atoms with E-state index in [0.29, 0.717) is 19.0 Å². The van der Waals surface area contributed by atoms with Crippen molar-refractivity contribution < 1.29 is 4.42 Å². The number of guanidine groups is 1. The van der Waals surface area contributed by atoms with Crippen LogP contribution in [0.2, 0.25) is 0 Å². The van der Waals surface area contributed by atoms with Crippen LogP contribution in [0.15, 0.2) is 33.9 Å². The maximum absolute atomic E-state index is 5.83. The highest BCUT2D eigenvalue weighted by Gasteiger charge is 2.19. The number of hydrogen-bond donors (Lipinski definition) is 2. The van der Waals surface area contributed by atoms with Crippen LogP contribution in [-0.4, -0.2) is 35.6 Å². The van der Waals surface area contributed by atoms with Crippen LogP contribution in [-0.2, 0) is 18.5 Å². The molecule has 0 aromatic carbocycles. The SMILES string of the molecule is CCNC(=NCc1ccc(N(CC)CC)nc1)NCc1ncc(C(C)(C)C)o1.I. The fourth-order valence-electron chi connectivity index (χ4n) is 2.66. The van der Waals surface area contributed by atoms with Gasteiger partial charge in [0, 0.05) is 31.2 Å². The number of aliphatic imine (C=N–C) groups is 1. The van der Waals surface area contributed by atoms with Crippen molar-refractivity contribution in [3.8, 4) is 0 Å². The Labute approximate surface area is 191 Å². The Morgan fingerprint density at radius 3 is 2.31 bits per heavy atom. The van der Waals surface area contributed by atoms with Gasteiger partial charge in [0.25, 0.3) is 0 Å². The summed E-state index contributed by atoms with van der Waals surface area (Å²) in [5, 5.41) is 6.52. The zero-order chi connectivity index (χ0) is 20.6. The van der Waals surface area contributed by atoms with Gasteiger partial charge in [0.15, 0.2) is 5.96 Å². The maximum Gasteiger partial charge on any atom is 0.213 e. The second-order valence-electron chi connectivity index (χ2n) is 7.61. The minimum atomic E-state index is -0.0475. The molecule has 2 rings (SSSR count). The van der Waals surface area contributed by atoms with E-state index in [1.54, 1.807) is 6.20 Å². The molecule has 0 radical (unpaired) electrons. The van der Waals surface area contributed by atoms with E-state index in [4.69, 9.17) is 4.42 Å². The summed E-state index contributed by atoms with van der Waals surface area (Å²) in [6.07, 6.45) is 3.69. The summed E-state index contributed by atoms with van der Waals surface area (Å²) in [7, 11) is 0. The molecule has 0 saturated heterocycles. The summed E-state index contributed by atoms with van der Waals surface area (Å²) < 4.78 is 5.83. The van der Waals surface area contributed by atoms with Crippen LogP contribution < -0.4 is 15.5 Å². The van der Waals surface area contributed by atoms with Gasteiger partial charge in [-0.05, 0) is 32.4 Å². The molecule has 0 spiro atoms. The van der Waals surface area contributed by atoms with Crippen molar-refractivity contribution in [3.63, 3.8) is 0 Å². The lowest BCUT2D eigenvalue weighted by molar-refractivity contribution is 0.379. The van der Waals surface area contributed by atoms with E-state index in [0.717, 1.165) is 42.7 Å². The minimum absolute atomic E-state index is 0. The van der Waals surface area contributed by atoms with Crippen LogP contribution in [0.1, 0.15) is 58.8 Å². The van der Waals surface area contributed by atoms with Gasteiger partial charge in [-0.25, -0.2) is 15.0 Å². The summed E-state index contributed by atoms with van der Waals surface area (Å²) in [5.41, 5.74) is 1.02. The molecule has 7 nitrogen and oxygen atoms in total. The number of hydrogen-bond acceptors (Lipinski definition) is 5. The number of halogens is 1. The van der Waals surface area contributed by atoms with Crippen molar-refractivity contribution in [3.05, 3.63) is 41.7 Å². The molecule has 0 atom stereocenters. The third kappa shape index (κ3) is 7.83. The van der Waals surface area contributed by atoms with Gasteiger partial charge in [0.05, 0.1) is 19.3 Å². The molecule has 0 unspecified atom stereocenters. The summed E-state index contributed by atoms with van der Waals surface area (Å²) in [6, 6.07) is 4.14. The van der Waals surface area contributed by atoms with E-state index < -0.39 is 0 Å². The highest BCUT2D eigenvalue weighted by Crippen LogP contribution is 2.22. The Morgan fingerprint density at radius 1 is 1.07 bits per heavy atom. The Bertz CT molecular complexity index is 747. The molecule has 8 heteroatoms. The number of anilines is 1. The molecular weight excluding hydrogens is 479 g/mol. The van der Waals surface area contributed by atoms with Crippen molar-refractivity contribution in [1.82, 2.24) is 20.6 Å². The Hall–Kier alpha value is -1.84. The van der Waals surface area contributed by atoms with Gasteiger partial charge in [0.1, 0.15) is 11.6 Å². The Morgan fingerprint density at radius 2 is 1.79 bits per heavy atom. The van der Waals surface area contributed by atoms with Crippen molar-refractivity contribution in [2.24, 2.45) is 4.99 Å². The number of pyridine rings is 1. The third-order valence-electron chi connectivity index (χ3n) is 4.36. The first kappa shape index (κ1) is 25.2.